The third-order valence-electron chi connectivity index (χ3n) is 3.70. The molecule has 8 nitrogen and oxygen atoms in total. The van der Waals surface area contributed by atoms with Gasteiger partial charge in [0, 0.05) is 33.6 Å². The molecule has 1 radical (unpaired) electrons. The quantitative estimate of drug-likeness (QED) is 0.148. The van der Waals surface area contributed by atoms with Gasteiger partial charge in [-0.2, -0.15) is 0 Å². The average Bonchev–Trinajstić information content (AvgIpc) is 2.69. The number of para-hydroxylation sites is 1. The van der Waals surface area contributed by atoms with Crippen LogP contribution in [-0.2, 0) is 31.9 Å². The Morgan fingerprint density at radius 2 is 1.52 bits per heavy atom. The van der Waals surface area contributed by atoms with Gasteiger partial charge in [0.1, 0.15) is 6.04 Å². The van der Waals surface area contributed by atoms with Crippen LogP contribution in [0.4, 0.5) is 5.69 Å². The zero-order valence-electron chi connectivity index (χ0n) is 15.8. The van der Waals surface area contributed by atoms with E-state index in [2.05, 4.69) is 0 Å². The largest absolute Gasteiger partial charge is 0.398 e. The fourth-order valence-electron chi connectivity index (χ4n) is 2.13. The van der Waals surface area contributed by atoms with Crippen LogP contribution in [0, 0.1) is 0 Å². The van der Waals surface area contributed by atoms with Crippen molar-refractivity contribution in [3.63, 3.8) is 0 Å². The van der Waals surface area contributed by atoms with Gasteiger partial charge >= 0.3 is 11.9 Å². The minimum Gasteiger partial charge on any atom is -0.398 e. The summed E-state index contributed by atoms with van der Waals surface area (Å²) in [7, 11) is 0. The van der Waals surface area contributed by atoms with E-state index in [1.54, 1.807) is 42.5 Å². The fraction of sp³-hybridized carbons (Fsp3) is 0.250. The summed E-state index contributed by atoms with van der Waals surface area (Å²) in [6.45, 7) is 0.543. The van der Waals surface area contributed by atoms with E-state index < -0.39 is 18.0 Å². The van der Waals surface area contributed by atoms with Crippen LogP contribution in [0.5, 0.6) is 0 Å². The van der Waals surface area contributed by atoms with Gasteiger partial charge in [-0.3, -0.25) is 4.79 Å². The molecule has 0 fully saturated rings. The number of unbranched alkanes of at least 4 members (excludes halogenated alkanes) is 1. The predicted molar refractivity (Wildman–Crippen MR) is 107 cm³/mol. The number of benzene rings is 2. The number of hydrogen-bond acceptors (Lipinski definition) is 7. The number of esters is 2. The van der Waals surface area contributed by atoms with E-state index in [9.17, 15) is 14.4 Å². The minimum absolute atomic E-state index is 0. The molecule has 0 saturated heterocycles. The summed E-state index contributed by atoms with van der Waals surface area (Å²) in [4.78, 5) is 33.7. The summed E-state index contributed by atoms with van der Waals surface area (Å²) in [5.74, 6) is -1.90. The Kier molecular flexibility index (Phi) is 13.3. The molecule has 0 bridgehead atoms. The standard InChI is InChI=1S/C13H19N3O3.C7H7NO.Ag/c14-8-4-3-7-11(16)13(18)19-12(17)9-5-1-2-6-10(9)15;8-7(9)6-4-2-1-3-5-6;/h1-2,5-6,11H,3-4,7-8,14-16H2;1-5H,(H2,8,9);/t11-;;/m0../s1. The van der Waals surface area contributed by atoms with Gasteiger partial charge in [-0.25, -0.2) is 9.59 Å². The number of primary amides is 1. The minimum atomic E-state index is -0.819. The molecule has 0 aliphatic carbocycles. The van der Waals surface area contributed by atoms with Gasteiger partial charge in [0.2, 0.25) is 5.91 Å². The molecule has 0 aromatic heterocycles. The van der Waals surface area contributed by atoms with Gasteiger partial charge in [-0.15, -0.1) is 0 Å². The van der Waals surface area contributed by atoms with Crippen molar-refractivity contribution < 1.29 is 41.5 Å². The van der Waals surface area contributed by atoms with Crippen LogP contribution < -0.4 is 22.9 Å². The SMILES string of the molecule is NC(=O)c1ccccc1.NCCCC[C@H](N)C(=O)OC(=O)c1ccccc1N.[Ag]. The second-order valence-electron chi connectivity index (χ2n) is 5.92. The molecule has 0 aliphatic heterocycles. The first kappa shape index (κ1) is 26.5. The molecule has 8 N–H and O–H groups in total. The Balaban J connectivity index is 0.000000658. The van der Waals surface area contributed by atoms with Crippen LogP contribution >= 0.6 is 0 Å². The molecule has 29 heavy (non-hydrogen) atoms. The van der Waals surface area contributed by atoms with Crippen LogP contribution in [0.2, 0.25) is 0 Å². The topological polar surface area (TPSA) is 165 Å². The second kappa shape index (κ2) is 14.5. The Bertz CT molecular complexity index is 787. The third-order valence-corrected chi connectivity index (χ3v) is 3.70. The summed E-state index contributed by atoms with van der Waals surface area (Å²) in [5.41, 5.74) is 22.5. The summed E-state index contributed by atoms with van der Waals surface area (Å²) >= 11 is 0. The molecule has 0 unspecified atom stereocenters. The van der Waals surface area contributed by atoms with Gasteiger partial charge in [-0.05, 0) is 43.7 Å². The van der Waals surface area contributed by atoms with Crippen molar-refractivity contribution >= 4 is 23.5 Å². The summed E-state index contributed by atoms with van der Waals surface area (Å²) in [6.07, 6.45) is 1.93. The summed E-state index contributed by atoms with van der Waals surface area (Å²) < 4.78 is 4.70. The number of amides is 1. The number of nitrogen functional groups attached to an aromatic ring is 1. The van der Waals surface area contributed by atoms with Crippen LogP contribution in [-0.4, -0.2) is 30.4 Å². The number of anilines is 1. The van der Waals surface area contributed by atoms with Crippen molar-refractivity contribution in [2.24, 2.45) is 17.2 Å². The first-order chi connectivity index (χ1) is 13.4. The van der Waals surface area contributed by atoms with E-state index in [0.29, 0.717) is 24.9 Å². The molecule has 1 amide bonds. The van der Waals surface area contributed by atoms with Crippen molar-refractivity contribution in [1.82, 2.24) is 0 Å². The molecule has 1 atom stereocenters. The van der Waals surface area contributed by atoms with Crippen LogP contribution in [0.1, 0.15) is 40.0 Å². The number of carbonyl (C=O) groups is 3. The second-order valence-corrected chi connectivity index (χ2v) is 5.92. The molecular formula is C20H26AgN4O4. The first-order valence-corrected chi connectivity index (χ1v) is 8.77. The Labute approximate surface area is 185 Å². The fourth-order valence-corrected chi connectivity index (χ4v) is 2.13. The van der Waals surface area contributed by atoms with Crippen molar-refractivity contribution in [3.8, 4) is 0 Å². The maximum Gasteiger partial charge on any atom is 0.347 e. The summed E-state index contributed by atoms with van der Waals surface area (Å²) in [5, 5.41) is 0. The van der Waals surface area contributed by atoms with Crippen molar-refractivity contribution in [3.05, 3.63) is 65.7 Å². The molecule has 0 saturated carbocycles. The normalized spacial score (nSPS) is 10.6. The van der Waals surface area contributed by atoms with Crippen LogP contribution in [0.3, 0.4) is 0 Å². The number of rotatable bonds is 7. The monoisotopic (exact) mass is 493 g/mol. The third kappa shape index (κ3) is 10.0. The van der Waals surface area contributed by atoms with Gasteiger partial charge in [0.25, 0.3) is 0 Å². The van der Waals surface area contributed by atoms with E-state index in [4.69, 9.17) is 27.7 Å². The maximum atomic E-state index is 11.7. The zero-order chi connectivity index (χ0) is 20.9. The van der Waals surface area contributed by atoms with E-state index >= 15 is 0 Å². The molecule has 2 aromatic carbocycles. The van der Waals surface area contributed by atoms with Crippen molar-refractivity contribution in [2.45, 2.75) is 25.3 Å². The van der Waals surface area contributed by atoms with E-state index in [1.807, 2.05) is 6.07 Å². The van der Waals surface area contributed by atoms with Crippen molar-refractivity contribution in [2.75, 3.05) is 12.3 Å². The maximum absolute atomic E-state index is 11.7. The number of hydrogen-bond donors (Lipinski definition) is 4. The molecule has 0 aliphatic rings. The van der Waals surface area contributed by atoms with E-state index in [0.717, 1.165) is 6.42 Å². The molecular weight excluding hydrogens is 468 g/mol. The number of nitrogens with two attached hydrogens (primary N) is 4. The van der Waals surface area contributed by atoms with Gasteiger partial charge in [0.05, 0.1) is 5.56 Å². The smallest absolute Gasteiger partial charge is 0.347 e. The zero-order valence-corrected chi connectivity index (χ0v) is 17.3. The van der Waals surface area contributed by atoms with E-state index in [-0.39, 0.29) is 39.5 Å². The number of carbonyl (C=O) groups excluding carboxylic acids is 3. The Morgan fingerprint density at radius 3 is 2.03 bits per heavy atom. The molecule has 0 spiro atoms. The molecule has 9 heteroatoms. The Morgan fingerprint density at radius 1 is 0.931 bits per heavy atom. The Hall–Kier alpha value is -2.49. The predicted octanol–water partition coefficient (Wildman–Crippen LogP) is 1.19. The van der Waals surface area contributed by atoms with E-state index in [1.165, 1.54) is 6.07 Å². The van der Waals surface area contributed by atoms with Gasteiger partial charge in [-0.1, -0.05) is 36.8 Å². The van der Waals surface area contributed by atoms with Crippen molar-refractivity contribution in [1.29, 1.82) is 0 Å². The molecule has 2 aromatic rings. The van der Waals surface area contributed by atoms with Gasteiger partial charge in [0.15, 0.2) is 0 Å². The molecule has 2 rings (SSSR count). The van der Waals surface area contributed by atoms with Crippen LogP contribution in [0.25, 0.3) is 0 Å². The average molecular weight is 494 g/mol. The first-order valence-electron chi connectivity index (χ1n) is 8.77. The molecule has 0 heterocycles. The molecule has 161 valence electrons. The van der Waals surface area contributed by atoms with Gasteiger partial charge < -0.3 is 27.7 Å². The summed E-state index contributed by atoms with van der Waals surface area (Å²) in [6, 6.07) is 14.3. The number of ether oxygens (including phenoxy) is 1. The van der Waals surface area contributed by atoms with Crippen LogP contribution in [0.15, 0.2) is 54.6 Å².